The Balaban J connectivity index is 1.62. The van der Waals surface area contributed by atoms with Crippen LogP contribution in [0.15, 0.2) is 29.1 Å². The Morgan fingerprint density at radius 1 is 1.30 bits per heavy atom. The summed E-state index contributed by atoms with van der Waals surface area (Å²) in [4.78, 5) is 37.8. The number of nitrogens with zero attached hydrogens (tertiary/aromatic N) is 1. The van der Waals surface area contributed by atoms with Gasteiger partial charge in [-0.15, -0.1) is 11.3 Å². The van der Waals surface area contributed by atoms with Crippen LogP contribution in [0.4, 0.5) is 5.00 Å². The van der Waals surface area contributed by atoms with E-state index in [0.29, 0.717) is 16.5 Å². The molecule has 4 rings (SSSR count). The molecule has 1 atom stereocenters. The quantitative estimate of drug-likeness (QED) is 0.704. The first-order valence-electron chi connectivity index (χ1n) is 8.76. The van der Waals surface area contributed by atoms with Crippen LogP contribution >= 0.6 is 22.7 Å². The largest absolute Gasteiger partial charge is 0.365 e. The van der Waals surface area contributed by atoms with Crippen molar-refractivity contribution in [3.05, 3.63) is 49.9 Å². The third kappa shape index (κ3) is 3.30. The number of anilines is 1. The first-order valence-corrected chi connectivity index (χ1v) is 10.4. The Hall–Kier alpha value is -2.45. The lowest BCUT2D eigenvalue weighted by molar-refractivity contribution is -0.116. The van der Waals surface area contributed by atoms with Crippen LogP contribution in [0.1, 0.15) is 34.1 Å². The monoisotopic (exact) mass is 401 g/mol. The Bertz CT molecular complexity index is 1110. The molecule has 0 saturated carbocycles. The normalized spacial score (nSPS) is 16.3. The molecule has 0 bridgehead atoms. The van der Waals surface area contributed by atoms with Crippen molar-refractivity contribution in [3.63, 3.8) is 0 Å². The number of amides is 2. The van der Waals surface area contributed by atoms with Crippen molar-refractivity contribution in [2.45, 2.75) is 32.7 Å². The number of nitrogens with two attached hydrogens (primary N) is 1. The molecular formula is C19H19N3O3S2. The molecule has 1 aliphatic carbocycles. The summed E-state index contributed by atoms with van der Waals surface area (Å²) >= 11 is 2.54. The molecule has 0 saturated heterocycles. The van der Waals surface area contributed by atoms with Crippen molar-refractivity contribution in [2.75, 3.05) is 5.32 Å². The lowest BCUT2D eigenvalue weighted by Crippen LogP contribution is -2.25. The van der Waals surface area contributed by atoms with E-state index in [4.69, 9.17) is 5.73 Å². The molecule has 2 aromatic heterocycles. The standard InChI is InChI=1S/C19H19N3O3S2/c1-10-6-7-11-14(8-10)26-18(16(11)17(20)24)21-15(23)9-22-12-4-2-3-5-13(12)27-19(22)25/h2-5,10H,6-9H2,1H3,(H2,20,24)(H,21,23). The Morgan fingerprint density at radius 3 is 2.85 bits per heavy atom. The highest BCUT2D eigenvalue weighted by Crippen LogP contribution is 2.39. The van der Waals surface area contributed by atoms with Gasteiger partial charge in [0.05, 0.1) is 15.8 Å². The second-order valence-corrected chi connectivity index (χ2v) is 8.99. The van der Waals surface area contributed by atoms with E-state index >= 15 is 0 Å². The summed E-state index contributed by atoms with van der Waals surface area (Å²) in [5, 5.41) is 3.32. The SMILES string of the molecule is CC1CCc2c(sc(NC(=O)Cn3c(=O)sc4ccccc43)c2C(N)=O)C1. The van der Waals surface area contributed by atoms with E-state index in [1.54, 1.807) is 0 Å². The molecule has 0 spiro atoms. The molecular weight excluding hydrogens is 382 g/mol. The summed E-state index contributed by atoms with van der Waals surface area (Å²) in [6, 6.07) is 7.37. The van der Waals surface area contributed by atoms with Gasteiger partial charge in [0, 0.05) is 4.88 Å². The van der Waals surface area contributed by atoms with Gasteiger partial charge < -0.3 is 11.1 Å². The molecule has 6 nitrogen and oxygen atoms in total. The molecule has 140 valence electrons. The zero-order valence-electron chi connectivity index (χ0n) is 14.8. The second kappa shape index (κ2) is 6.94. The van der Waals surface area contributed by atoms with Crippen LogP contribution in [0, 0.1) is 5.92 Å². The Morgan fingerprint density at radius 2 is 2.07 bits per heavy atom. The van der Waals surface area contributed by atoms with Gasteiger partial charge >= 0.3 is 4.87 Å². The van der Waals surface area contributed by atoms with Crippen LogP contribution in [0.3, 0.4) is 0 Å². The zero-order valence-corrected chi connectivity index (χ0v) is 16.4. The summed E-state index contributed by atoms with van der Waals surface area (Å²) in [6.45, 7) is 2.08. The highest BCUT2D eigenvalue weighted by molar-refractivity contribution is 7.17. The minimum atomic E-state index is -0.518. The first kappa shape index (κ1) is 17.9. The number of rotatable bonds is 4. The fourth-order valence-corrected chi connectivity index (χ4v) is 5.90. The smallest absolute Gasteiger partial charge is 0.308 e. The van der Waals surface area contributed by atoms with Crippen LogP contribution in [0.5, 0.6) is 0 Å². The number of thiazole rings is 1. The highest BCUT2D eigenvalue weighted by Gasteiger charge is 2.27. The molecule has 3 N–H and O–H groups in total. The number of hydrogen-bond acceptors (Lipinski definition) is 5. The molecule has 3 aromatic rings. The van der Waals surface area contributed by atoms with E-state index in [1.165, 1.54) is 15.9 Å². The van der Waals surface area contributed by atoms with Crippen LogP contribution in [-0.2, 0) is 24.2 Å². The molecule has 1 aliphatic rings. The maximum atomic E-state index is 12.6. The average molecular weight is 402 g/mol. The van der Waals surface area contributed by atoms with Gasteiger partial charge in [0.2, 0.25) is 5.91 Å². The third-order valence-corrected chi connectivity index (χ3v) is 7.02. The molecule has 1 aromatic carbocycles. The van der Waals surface area contributed by atoms with Crippen LogP contribution in [0.25, 0.3) is 10.2 Å². The van der Waals surface area contributed by atoms with Crippen molar-refractivity contribution in [2.24, 2.45) is 11.7 Å². The van der Waals surface area contributed by atoms with Gasteiger partial charge in [-0.3, -0.25) is 19.0 Å². The van der Waals surface area contributed by atoms with E-state index in [-0.39, 0.29) is 17.3 Å². The molecule has 2 amide bonds. The molecule has 0 radical (unpaired) electrons. The zero-order chi connectivity index (χ0) is 19.1. The van der Waals surface area contributed by atoms with Crippen molar-refractivity contribution < 1.29 is 9.59 Å². The number of para-hydroxylation sites is 1. The van der Waals surface area contributed by atoms with Gasteiger partial charge in [0.15, 0.2) is 0 Å². The second-order valence-electron chi connectivity index (χ2n) is 6.89. The average Bonchev–Trinajstić information content (AvgIpc) is 3.11. The topological polar surface area (TPSA) is 94.2 Å². The Kier molecular flexibility index (Phi) is 4.61. The molecule has 0 fully saturated rings. The van der Waals surface area contributed by atoms with Crippen molar-refractivity contribution in [3.8, 4) is 0 Å². The first-order chi connectivity index (χ1) is 12.9. The minimum Gasteiger partial charge on any atom is -0.365 e. The highest BCUT2D eigenvalue weighted by atomic mass is 32.1. The summed E-state index contributed by atoms with van der Waals surface area (Å²) in [6.07, 6.45) is 2.70. The number of carbonyl (C=O) groups is 2. The number of aromatic nitrogens is 1. The van der Waals surface area contributed by atoms with Crippen LogP contribution in [0.2, 0.25) is 0 Å². The lowest BCUT2D eigenvalue weighted by atomic mass is 9.88. The molecule has 8 heteroatoms. The van der Waals surface area contributed by atoms with Crippen molar-refractivity contribution >= 4 is 49.7 Å². The van der Waals surface area contributed by atoms with Crippen molar-refractivity contribution in [1.29, 1.82) is 0 Å². The number of fused-ring (bicyclic) bond motifs is 2. The van der Waals surface area contributed by atoms with Crippen LogP contribution in [-0.4, -0.2) is 16.4 Å². The number of primary amides is 1. The molecule has 1 unspecified atom stereocenters. The number of hydrogen-bond donors (Lipinski definition) is 2. The predicted octanol–water partition coefficient (Wildman–Crippen LogP) is 2.99. The van der Waals surface area contributed by atoms with E-state index in [0.717, 1.165) is 51.3 Å². The lowest BCUT2D eigenvalue weighted by Gasteiger charge is -2.18. The summed E-state index contributed by atoms with van der Waals surface area (Å²) in [5.41, 5.74) is 7.72. The molecule has 27 heavy (non-hydrogen) atoms. The Labute approximate surface area is 163 Å². The fourth-order valence-electron chi connectivity index (χ4n) is 3.57. The van der Waals surface area contributed by atoms with Gasteiger partial charge in [-0.2, -0.15) is 0 Å². The van der Waals surface area contributed by atoms with E-state index < -0.39 is 5.91 Å². The van der Waals surface area contributed by atoms with Gasteiger partial charge in [0.25, 0.3) is 5.91 Å². The maximum Gasteiger partial charge on any atom is 0.308 e. The van der Waals surface area contributed by atoms with Gasteiger partial charge in [-0.1, -0.05) is 30.4 Å². The summed E-state index contributed by atoms with van der Waals surface area (Å²) in [7, 11) is 0. The van der Waals surface area contributed by atoms with Gasteiger partial charge in [-0.25, -0.2) is 0 Å². The summed E-state index contributed by atoms with van der Waals surface area (Å²) in [5.74, 6) is -0.304. The van der Waals surface area contributed by atoms with Crippen LogP contribution < -0.4 is 15.9 Å². The van der Waals surface area contributed by atoms with E-state index in [2.05, 4.69) is 12.2 Å². The summed E-state index contributed by atoms with van der Waals surface area (Å²) < 4.78 is 2.29. The number of nitrogens with one attached hydrogen (secondary N) is 1. The predicted molar refractivity (Wildman–Crippen MR) is 109 cm³/mol. The number of thiophene rings is 1. The fraction of sp³-hybridized carbons (Fsp3) is 0.316. The van der Waals surface area contributed by atoms with E-state index in [1.807, 2.05) is 24.3 Å². The van der Waals surface area contributed by atoms with Gasteiger partial charge in [0.1, 0.15) is 11.5 Å². The maximum absolute atomic E-state index is 12.6. The number of benzene rings is 1. The van der Waals surface area contributed by atoms with Crippen molar-refractivity contribution in [1.82, 2.24) is 4.57 Å². The molecule has 2 heterocycles. The third-order valence-electron chi connectivity index (χ3n) is 4.89. The number of carbonyl (C=O) groups excluding carboxylic acids is 2. The van der Waals surface area contributed by atoms with E-state index in [9.17, 15) is 14.4 Å². The molecule has 0 aliphatic heterocycles. The minimum absolute atomic E-state index is 0.0972. The van der Waals surface area contributed by atoms with Gasteiger partial charge in [-0.05, 0) is 42.9 Å².